The zero-order valence-electron chi connectivity index (χ0n) is 5.92. The van der Waals surface area contributed by atoms with Crippen molar-refractivity contribution in [1.29, 1.82) is 0 Å². The molecule has 0 spiro atoms. The fourth-order valence-corrected chi connectivity index (χ4v) is 0.537. The average molecular weight is 160 g/mol. The van der Waals surface area contributed by atoms with Gasteiger partial charge in [-0.05, 0) is 6.92 Å². The van der Waals surface area contributed by atoms with Gasteiger partial charge in [-0.3, -0.25) is 4.21 Å². The first kappa shape index (κ1) is 12.7. The topological polar surface area (TPSA) is 49.4 Å². The minimum absolute atomic E-state index is 0. The third-order valence-corrected chi connectivity index (χ3v) is 1.52. The summed E-state index contributed by atoms with van der Waals surface area (Å²) in [6.45, 7) is 1.86. The quantitative estimate of drug-likeness (QED) is 0.324. The minimum atomic E-state index is -1.99. The van der Waals surface area contributed by atoms with Crippen LogP contribution < -0.4 is 29.6 Å². The Morgan fingerprint density at radius 2 is 2.22 bits per heavy atom. The molecule has 0 N–H and O–H groups in total. The monoisotopic (exact) mass is 160 g/mol. The minimum Gasteiger partial charge on any atom is -0.772 e. The van der Waals surface area contributed by atoms with Crippen LogP contribution in [0.1, 0.15) is 6.92 Å². The summed E-state index contributed by atoms with van der Waals surface area (Å²) in [4.78, 5) is 0. The molecule has 0 saturated heterocycles. The molecule has 0 amide bonds. The fraction of sp³-hybridized carbons (Fsp3) is 1.00. The standard InChI is InChI=1S/C4H10O3S.Na/c1-4(3-7-2)8(5)6;/h4H,3H2,1-2H3,(H,5,6);/q;+1/p-1. The summed E-state index contributed by atoms with van der Waals surface area (Å²) in [5.41, 5.74) is 0. The van der Waals surface area contributed by atoms with Crippen molar-refractivity contribution in [3.05, 3.63) is 0 Å². The number of rotatable bonds is 3. The second-order valence-electron chi connectivity index (χ2n) is 1.53. The summed E-state index contributed by atoms with van der Waals surface area (Å²) in [6, 6.07) is 0. The molecular weight excluding hydrogens is 151 g/mol. The molecule has 0 heterocycles. The van der Waals surface area contributed by atoms with Gasteiger partial charge < -0.3 is 9.29 Å². The molecule has 0 aliphatic rings. The van der Waals surface area contributed by atoms with Crippen molar-refractivity contribution in [2.75, 3.05) is 13.7 Å². The zero-order chi connectivity index (χ0) is 6.57. The van der Waals surface area contributed by atoms with Crippen molar-refractivity contribution in [2.45, 2.75) is 12.2 Å². The van der Waals surface area contributed by atoms with E-state index in [0.29, 0.717) is 0 Å². The fourth-order valence-electron chi connectivity index (χ4n) is 0.290. The Morgan fingerprint density at radius 3 is 2.33 bits per heavy atom. The van der Waals surface area contributed by atoms with Gasteiger partial charge in [-0.25, -0.2) is 0 Å². The van der Waals surface area contributed by atoms with E-state index >= 15 is 0 Å². The first-order valence-electron chi connectivity index (χ1n) is 2.25. The Balaban J connectivity index is 0. The molecule has 0 aliphatic heterocycles. The average Bonchev–Trinajstić information content (AvgIpc) is 1.67. The third kappa shape index (κ3) is 6.96. The van der Waals surface area contributed by atoms with Gasteiger partial charge in [-0.1, -0.05) is 11.1 Å². The maximum absolute atomic E-state index is 10.0. The van der Waals surface area contributed by atoms with Gasteiger partial charge in [0.2, 0.25) is 0 Å². The van der Waals surface area contributed by atoms with Crippen LogP contribution >= 0.6 is 0 Å². The van der Waals surface area contributed by atoms with Gasteiger partial charge in [-0.2, -0.15) is 0 Å². The maximum atomic E-state index is 10.0. The Kier molecular flexibility index (Phi) is 10.1. The van der Waals surface area contributed by atoms with Crippen LogP contribution in [0.3, 0.4) is 0 Å². The van der Waals surface area contributed by atoms with Gasteiger partial charge in [0.1, 0.15) is 0 Å². The van der Waals surface area contributed by atoms with Gasteiger partial charge >= 0.3 is 29.6 Å². The molecule has 0 aromatic carbocycles. The number of methoxy groups -OCH3 is 1. The summed E-state index contributed by atoms with van der Waals surface area (Å²) < 4.78 is 24.6. The molecule has 0 aromatic rings. The predicted molar refractivity (Wildman–Crippen MR) is 30.3 cm³/mol. The van der Waals surface area contributed by atoms with E-state index in [9.17, 15) is 8.76 Å². The van der Waals surface area contributed by atoms with Crippen molar-refractivity contribution in [2.24, 2.45) is 0 Å². The molecular formula is C4H9NaO3S. The molecule has 0 bridgehead atoms. The molecule has 3 nitrogen and oxygen atoms in total. The summed E-state index contributed by atoms with van der Waals surface area (Å²) in [7, 11) is 1.48. The van der Waals surface area contributed by atoms with Gasteiger partial charge in [0.25, 0.3) is 0 Å². The van der Waals surface area contributed by atoms with E-state index in [4.69, 9.17) is 0 Å². The molecule has 0 aromatic heterocycles. The predicted octanol–water partition coefficient (Wildman–Crippen LogP) is -3.10. The summed E-state index contributed by atoms with van der Waals surface area (Å²) in [6.07, 6.45) is 0. The van der Waals surface area contributed by atoms with Crippen LogP contribution in [0.15, 0.2) is 0 Å². The van der Waals surface area contributed by atoms with Crippen molar-refractivity contribution < 1.29 is 43.1 Å². The molecule has 50 valence electrons. The smallest absolute Gasteiger partial charge is 0.772 e. The van der Waals surface area contributed by atoms with Crippen LogP contribution in [-0.4, -0.2) is 27.7 Å². The Labute approximate surface area is 79.7 Å². The summed E-state index contributed by atoms with van der Waals surface area (Å²) >= 11 is -1.99. The zero-order valence-corrected chi connectivity index (χ0v) is 8.73. The van der Waals surface area contributed by atoms with Gasteiger partial charge in [-0.15, -0.1) is 0 Å². The molecule has 2 unspecified atom stereocenters. The molecule has 0 aliphatic carbocycles. The second-order valence-corrected chi connectivity index (χ2v) is 2.85. The number of hydrogen-bond acceptors (Lipinski definition) is 3. The van der Waals surface area contributed by atoms with Crippen molar-refractivity contribution in [3.63, 3.8) is 0 Å². The first-order chi connectivity index (χ1) is 3.68. The van der Waals surface area contributed by atoms with E-state index in [2.05, 4.69) is 4.74 Å². The van der Waals surface area contributed by atoms with E-state index in [1.165, 1.54) is 7.11 Å². The van der Waals surface area contributed by atoms with Gasteiger partial charge in [0.05, 0.1) is 6.61 Å². The Morgan fingerprint density at radius 1 is 1.78 bits per heavy atom. The van der Waals surface area contributed by atoms with E-state index < -0.39 is 11.1 Å². The molecule has 5 heteroatoms. The second kappa shape index (κ2) is 7.18. The molecule has 0 rings (SSSR count). The van der Waals surface area contributed by atoms with Crippen LogP contribution in [-0.2, 0) is 15.8 Å². The number of hydrogen-bond donors (Lipinski definition) is 0. The first-order valence-corrected chi connectivity index (χ1v) is 3.39. The Hall–Kier alpha value is 1.07. The van der Waals surface area contributed by atoms with Crippen molar-refractivity contribution >= 4 is 11.1 Å². The van der Waals surface area contributed by atoms with Crippen molar-refractivity contribution in [1.82, 2.24) is 0 Å². The third-order valence-electron chi connectivity index (χ3n) is 0.730. The van der Waals surface area contributed by atoms with Crippen LogP contribution in [0.2, 0.25) is 0 Å². The van der Waals surface area contributed by atoms with Crippen LogP contribution in [0.5, 0.6) is 0 Å². The largest absolute Gasteiger partial charge is 1.00 e. The molecule has 0 radical (unpaired) electrons. The molecule has 9 heavy (non-hydrogen) atoms. The van der Waals surface area contributed by atoms with E-state index in [0.717, 1.165) is 0 Å². The maximum Gasteiger partial charge on any atom is 1.00 e. The summed E-state index contributed by atoms with van der Waals surface area (Å²) in [5, 5.41) is -0.389. The van der Waals surface area contributed by atoms with Gasteiger partial charge in [0, 0.05) is 12.4 Å². The normalized spacial score (nSPS) is 15.9. The molecule has 0 saturated carbocycles. The van der Waals surface area contributed by atoms with E-state index in [-0.39, 0.29) is 41.4 Å². The number of ether oxygens (including phenoxy) is 1. The van der Waals surface area contributed by atoms with Gasteiger partial charge in [0.15, 0.2) is 0 Å². The van der Waals surface area contributed by atoms with Crippen LogP contribution in [0.4, 0.5) is 0 Å². The molecule has 0 fully saturated rings. The van der Waals surface area contributed by atoms with E-state index in [1.54, 1.807) is 6.92 Å². The molecule has 2 atom stereocenters. The van der Waals surface area contributed by atoms with Crippen molar-refractivity contribution in [3.8, 4) is 0 Å². The summed E-state index contributed by atoms with van der Waals surface area (Å²) in [5.74, 6) is 0. The van der Waals surface area contributed by atoms with Crippen LogP contribution in [0, 0.1) is 0 Å². The van der Waals surface area contributed by atoms with Crippen LogP contribution in [0.25, 0.3) is 0 Å². The van der Waals surface area contributed by atoms with E-state index in [1.807, 2.05) is 0 Å². The SMILES string of the molecule is COCC(C)S(=O)[O-].[Na+]. The Bertz CT molecular complexity index is 87.9.